The van der Waals surface area contributed by atoms with E-state index in [1.807, 2.05) is 0 Å². The molecule has 108 valence electrons. The highest BCUT2D eigenvalue weighted by Gasteiger charge is 2.42. The molecule has 1 unspecified atom stereocenters. The van der Waals surface area contributed by atoms with Crippen LogP contribution in [0.15, 0.2) is 24.3 Å². The first-order valence-electron chi connectivity index (χ1n) is 6.56. The lowest BCUT2D eigenvalue weighted by Gasteiger charge is -2.26. The minimum Gasteiger partial charge on any atom is -0.325 e. The van der Waals surface area contributed by atoms with E-state index in [4.69, 9.17) is 0 Å². The Morgan fingerprint density at radius 2 is 1.95 bits per heavy atom. The van der Waals surface area contributed by atoms with Crippen molar-refractivity contribution in [2.45, 2.75) is 24.4 Å². The Hall–Kier alpha value is -1.17. The largest absolute Gasteiger partial charge is 0.416 e. The molecule has 0 aromatic heterocycles. The van der Waals surface area contributed by atoms with E-state index in [2.05, 4.69) is 0 Å². The van der Waals surface area contributed by atoms with Crippen LogP contribution in [0.2, 0.25) is 0 Å². The number of benzene rings is 1. The summed E-state index contributed by atoms with van der Waals surface area (Å²) in [6.07, 6.45) is -2.64. The van der Waals surface area contributed by atoms with Crippen molar-refractivity contribution >= 4 is 17.7 Å². The van der Waals surface area contributed by atoms with Gasteiger partial charge in [-0.1, -0.05) is 18.2 Å². The van der Waals surface area contributed by atoms with Crippen LogP contribution in [0.4, 0.5) is 13.2 Å². The van der Waals surface area contributed by atoms with Crippen molar-refractivity contribution in [2.24, 2.45) is 5.92 Å². The molecule has 1 heterocycles. The van der Waals surface area contributed by atoms with E-state index in [0.29, 0.717) is 12.3 Å². The molecule has 2 fully saturated rings. The minimum absolute atomic E-state index is 0.0111. The fourth-order valence-corrected chi connectivity index (χ4v) is 3.79. The average molecular weight is 301 g/mol. The molecule has 1 atom stereocenters. The number of rotatable bonds is 2. The van der Waals surface area contributed by atoms with Crippen LogP contribution in [0.3, 0.4) is 0 Å². The van der Waals surface area contributed by atoms with Gasteiger partial charge in [0.1, 0.15) is 5.37 Å². The van der Waals surface area contributed by atoms with Gasteiger partial charge in [0.2, 0.25) is 5.91 Å². The number of thioether (sulfide) groups is 1. The lowest BCUT2D eigenvalue weighted by Crippen LogP contribution is -2.32. The van der Waals surface area contributed by atoms with Crippen LogP contribution in [-0.4, -0.2) is 23.1 Å². The molecule has 1 saturated heterocycles. The van der Waals surface area contributed by atoms with Gasteiger partial charge >= 0.3 is 6.18 Å². The molecule has 0 spiro atoms. The Bertz CT molecular complexity index is 527. The van der Waals surface area contributed by atoms with Crippen LogP contribution in [0.5, 0.6) is 0 Å². The minimum atomic E-state index is -4.38. The van der Waals surface area contributed by atoms with E-state index in [1.54, 1.807) is 11.0 Å². The summed E-state index contributed by atoms with van der Waals surface area (Å²) < 4.78 is 39.3. The third-order valence-electron chi connectivity index (χ3n) is 3.63. The van der Waals surface area contributed by atoms with Crippen LogP contribution in [0.25, 0.3) is 0 Å². The van der Waals surface area contributed by atoms with Crippen molar-refractivity contribution < 1.29 is 18.0 Å². The van der Waals surface area contributed by atoms with Crippen LogP contribution >= 0.6 is 11.8 Å². The SMILES string of the molecule is O=C(C1CC1)N1CCSC1c1ccccc1C(F)(F)F. The number of hydrogen-bond acceptors (Lipinski definition) is 2. The normalized spacial score (nSPS) is 23.1. The third kappa shape index (κ3) is 2.53. The Morgan fingerprint density at radius 3 is 2.60 bits per heavy atom. The molecule has 0 radical (unpaired) electrons. The summed E-state index contributed by atoms with van der Waals surface area (Å²) in [6.45, 7) is 0.539. The Morgan fingerprint density at radius 1 is 1.25 bits per heavy atom. The maximum atomic E-state index is 13.1. The van der Waals surface area contributed by atoms with Crippen molar-refractivity contribution in [2.75, 3.05) is 12.3 Å². The molecule has 1 aromatic carbocycles. The highest BCUT2D eigenvalue weighted by atomic mass is 32.2. The molecule has 1 aromatic rings. The fraction of sp³-hybridized carbons (Fsp3) is 0.500. The van der Waals surface area contributed by atoms with Crippen molar-refractivity contribution in [3.8, 4) is 0 Å². The van der Waals surface area contributed by atoms with Gasteiger partial charge in [0, 0.05) is 18.2 Å². The molecule has 0 bridgehead atoms. The average Bonchev–Trinajstić information content (AvgIpc) is 3.14. The number of carbonyl (C=O) groups excluding carboxylic acids is 1. The second kappa shape index (κ2) is 4.98. The number of carbonyl (C=O) groups is 1. The lowest BCUT2D eigenvalue weighted by atomic mass is 10.1. The van der Waals surface area contributed by atoms with Crippen LogP contribution < -0.4 is 0 Å². The predicted octanol–water partition coefficient (Wildman–Crippen LogP) is 3.69. The Labute approximate surface area is 119 Å². The molecule has 1 amide bonds. The number of halogens is 3. The smallest absolute Gasteiger partial charge is 0.325 e. The topological polar surface area (TPSA) is 20.3 Å². The van der Waals surface area contributed by atoms with Gasteiger partial charge in [-0.05, 0) is 24.5 Å². The first-order chi connectivity index (χ1) is 9.48. The zero-order valence-electron chi connectivity index (χ0n) is 10.7. The van der Waals surface area contributed by atoms with Gasteiger partial charge in [0.25, 0.3) is 0 Å². The van der Waals surface area contributed by atoms with Crippen molar-refractivity contribution in [1.82, 2.24) is 4.90 Å². The fourth-order valence-electron chi connectivity index (χ4n) is 2.49. The van der Waals surface area contributed by atoms with Crippen LogP contribution in [0, 0.1) is 5.92 Å². The summed E-state index contributed by atoms with van der Waals surface area (Å²) in [5, 5.41) is -0.499. The van der Waals surface area contributed by atoms with Gasteiger partial charge in [-0.25, -0.2) is 0 Å². The highest BCUT2D eigenvalue weighted by Crippen LogP contribution is 2.45. The lowest BCUT2D eigenvalue weighted by molar-refractivity contribution is -0.140. The molecule has 2 nitrogen and oxygen atoms in total. The zero-order chi connectivity index (χ0) is 14.3. The third-order valence-corrected chi connectivity index (χ3v) is 4.88. The van der Waals surface area contributed by atoms with Crippen molar-refractivity contribution in [1.29, 1.82) is 0 Å². The Balaban J connectivity index is 1.93. The van der Waals surface area contributed by atoms with Gasteiger partial charge in [-0.3, -0.25) is 4.79 Å². The van der Waals surface area contributed by atoms with Crippen molar-refractivity contribution in [3.63, 3.8) is 0 Å². The zero-order valence-corrected chi connectivity index (χ0v) is 11.5. The van der Waals surface area contributed by atoms with Gasteiger partial charge < -0.3 is 4.90 Å². The summed E-state index contributed by atoms with van der Waals surface area (Å²) in [5.74, 6) is 0.737. The van der Waals surface area contributed by atoms with Crippen molar-refractivity contribution in [3.05, 3.63) is 35.4 Å². The molecule has 1 saturated carbocycles. The molecule has 1 aliphatic carbocycles. The first-order valence-corrected chi connectivity index (χ1v) is 7.61. The summed E-state index contributed by atoms with van der Waals surface area (Å²) in [5.41, 5.74) is -0.426. The van der Waals surface area contributed by atoms with Crippen LogP contribution in [-0.2, 0) is 11.0 Å². The number of amides is 1. The van der Waals surface area contributed by atoms with E-state index in [9.17, 15) is 18.0 Å². The molecule has 20 heavy (non-hydrogen) atoms. The first kappa shape index (κ1) is 13.8. The van der Waals surface area contributed by atoms with E-state index in [-0.39, 0.29) is 17.4 Å². The molecular formula is C14H14F3NOS. The van der Waals surface area contributed by atoms with E-state index >= 15 is 0 Å². The molecule has 1 aliphatic heterocycles. The van der Waals surface area contributed by atoms with Gasteiger partial charge in [0.15, 0.2) is 0 Å². The highest BCUT2D eigenvalue weighted by molar-refractivity contribution is 7.99. The van der Waals surface area contributed by atoms with E-state index < -0.39 is 17.1 Å². The van der Waals surface area contributed by atoms with Gasteiger partial charge in [-0.15, -0.1) is 11.8 Å². The summed E-state index contributed by atoms with van der Waals surface area (Å²) in [7, 11) is 0. The second-order valence-electron chi connectivity index (χ2n) is 5.11. The molecule has 6 heteroatoms. The summed E-state index contributed by atoms with van der Waals surface area (Å²) >= 11 is 1.41. The van der Waals surface area contributed by atoms with E-state index in [0.717, 1.165) is 18.9 Å². The second-order valence-corrected chi connectivity index (χ2v) is 6.30. The van der Waals surface area contributed by atoms with Gasteiger partial charge in [0.05, 0.1) is 5.56 Å². The van der Waals surface area contributed by atoms with E-state index in [1.165, 1.54) is 23.9 Å². The van der Waals surface area contributed by atoms with Gasteiger partial charge in [-0.2, -0.15) is 13.2 Å². The number of alkyl halides is 3. The number of nitrogens with zero attached hydrogens (tertiary/aromatic N) is 1. The quantitative estimate of drug-likeness (QED) is 0.830. The monoisotopic (exact) mass is 301 g/mol. The molecular weight excluding hydrogens is 287 g/mol. The van der Waals surface area contributed by atoms with Crippen LogP contribution in [0.1, 0.15) is 29.3 Å². The standard InChI is InChI=1S/C14H14F3NOS/c15-14(16,17)11-4-2-1-3-10(11)13-18(7-8-20-13)12(19)9-5-6-9/h1-4,9,13H,5-8H2. The molecule has 2 aliphatic rings. The molecule has 0 N–H and O–H groups in total. The number of hydrogen-bond donors (Lipinski definition) is 0. The maximum Gasteiger partial charge on any atom is 0.416 e. The Kier molecular flexibility index (Phi) is 3.44. The summed E-state index contributed by atoms with van der Waals surface area (Å²) in [6, 6.07) is 5.56. The maximum absolute atomic E-state index is 13.1. The summed E-state index contributed by atoms with van der Waals surface area (Å²) in [4.78, 5) is 13.8. The molecule has 3 rings (SSSR count). The predicted molar refractivity (Wildman–Crippen MR) is 71.1 cm³/mol.